The van der Waals surface area contributed by atoms with Crippen molar-refractivity contribution in [2.24, 2.45) is 5.73 Å². The number of carbonyl (C=O) groups excluding carboxylic acids is 1. The molecule has 0 aromatic heterocycles. The van der Waals surface area contributed by atoms with Gasteiger partial charge in [-0.25, -0.2) is 4.79 Å². The Bertz CT molecular complexity index is 408. The van der Waals surface area contributed by atoms with Crippen molar-refractivity contribution in [1.82, 2.24) is 0 Å². The lowest BCUT2D eigenvalue weighted by molar-refractivity contribution is 0.0526. The Kier molecular flexibility index (Phi) is 4.80. The van der Waals surface area contributed by atoms with E-state index in [1.54, 1.807) is 19.1 Å². The molecular weight excluding hydrogens is 242 g/mol. The zero-order chi connectivity index (χ0) is 13.7. The highest BCUT2D eigenvalue weighted by atomic mass is 16.5. The summed E-state index contributed by atoms with van der Waals surface area (Å²) in [4.78, 5) is 11.5. The normalized spacial score (nSPS) is 22.8. The Balaban J connectivity index is 1.90. The van der Waals surface area contributed by atoms with Gasteiger partial charge in [-0.3, -0.25) is 0 Å². The topological polar surface area (TPSA) is 61.5 Å². The van der Waals surface area contributed by atoms with Crippen molar-refractivity contribution in [2.75, 3.05) is 6.61 Å². The van der Waals surface area contributed by atoms with Gasteiger partial charge in [-0.2, -0.15) is 0 Å². The third-order valence-corrected chi connectivity index (χ3v) is 3.39. The maximum Gasteiger partial charge on any atom is 0.338 e. The van der Waals surface area contributed by atoms with Crippen LogP contribution < -0.4 is 10.5 Å². The van der Waals surface area contributed by atoms with Gasteiger partial charge < -0.3 is 15.2 Å². The standard InChI is InChI=1S/C15H21NO3/c1-2-18-15(17)11-3-7-13(8-4-11)19-14-9-5-12(16)6-10-14/h3-4,7-8,12,14H,2,5-6,9-10,16H2,1H3. The molecule has 19 heavy (non-hydrogen) atoms. The van der Waals surface area contributed by atoms with Crippen LogP contribution in [0.4, 0.5) is 0 Å². The smallest absolute Gasteiger partial charge is 0.338 e. The minimum atomic E-state index is -0.294. The highest BCUT2D eigenvalue weighted by Gasteiger charge is 2.19. The van der Waals surface area contributed by atoms with E-state index >= 15 is 0 Å². The summed E-state index contributed by atoms with van der Waals surface area (Å²) in [5.41, 5.74) is 6.42. The highest BCUT2D eigenvalue weighted by Crippen LogP contribution is 2.23. The van der Waals surface area contributed by atoms with Crippen molar-refractivity contribution < 1.29 is 14.3 Å². The van der Waals surface area contributed by atoms with E-state index in [0.717, 1.165) is 31.4 Å². The summed E-state index contributed by atoms with van der Waals surface area (Å²) < 4.78 is 10.8. The van der Waals surface area contributed by atoms with Gasteiger partial charge in [0.05, 0.1) is 18.3 Å². The third kappa shape index (κ3) is 3.96. The molecule has 0 aliphatic heterocycles. The Labute approximate surface area is 113 Å². The number of esters is 1. The molecule has 0 spiro atoms. The summed E-state index contributed by atoms with van der Waals surface area (Å²) in [6, 6.07) is 7.44. The van der Waals surface area contributed by atoms with Crippen molar-refractivity contribution in [2.45, 2.75) is 44.8 Å². The SMILES string of the molecule is CCOC(=O)c1ccc(OC2CCC(N)CC2)cc1. The summed E-state index contributed by atoms with van der Waals surface area (Å²) in [6.07, 6.45) is 4.28. The number of rotatable bonds is 4. The van der Waals surface area contributed by atoms with Gasteiger partial charge in [0.1, 0.15) is 5.75 Å². The summed E-state index contributed by atoms with van der Waals surface area (Å²) in [7, 11) is 0. The average molecular weight is 263 g/mol. The van der Waals surface area contributed by atoms with Crippen LogP contribution in [-0.4, -0.2) is 24.7 Å². The van der Waals surface area contributed by atoms with E-state index in [4.69, 9.17) is 15.2 Å². The molecule has 2 N–H and O–H groups in total. The van der Waals surface area contributed by atoms with Crippen molar-refractivity contribution >= 4 is 5.97 Å². The molecule has 0 heterocycles. The zero-order valence-corrected chi connectivity index (χ0v) is 11.3. The first-order valence-electron chi connectivity index (χ1n) is 6.88. The Morgan fingerprint density at radius 3 is 2.42 bits per heavy atom. The van der Waals surface area contributed by atoms with E-state index in [1.807, 2.05) is 12.1 Å². The van der Waals surface area contributed by atoms with Crippen LogP contribution in [0.25, 0.3) is 0 Å². The molecule has 0 atom stereocenters. The fourth-order valence-corrected chi connectivity index (χ4v) is 2.28. The molecule has 0 unspecified atom stereocenters. The average Bonchev–Trinajstić information content (AvgIpc) is 2.42. The van der Waals surface area contributed by atoms with Crippen molar-refractivity contribution in [1.29, 1.82) is 0 Å². The molecule has 1 aliphatic rings. The zero-order valence-electron chi connectivity index (χ0n) is 11.3. The summed E-state index contributed by atoms with van der Waals surface area (Å²) in [6.45, 7) is 2.18. The minimum absolute atomic E-state index is 0.244. The third-order valence-electron chi connectivity index (χ3n) is 3.39. The largest absolute Gasteiger partial charge is 0.490 e. The molecule has 1 saturated carbocycles. The van der Waals surface area contributed by atoms with Gasteiger partial charge in [0, 0.05) is 6.04 Å². The first-order valence-corrected chi connectivity index (χ1v) is 6.88. The molecule has 4 heteroatoms. The lowest BCUT2D eigenvalue weighted by Crippen LogP contribution is -2.31. The van der Waals surface area contributed by atoms with Gasteiger partial charge >= 0.3 is 5.97 Å². The van der Waals surface area contributed by atoms with Gasteiger partial charge in [0.2, 0.25) is 0 Å². The number of hydrogen-bond donors (Lipinski definition) is 1. The molecule has 1 aliphatic carbocycles. The quantitative estimate of drug-likeness (QED) is 0.848. The van der Waals surface area contributed by atoms with E-state index in [0.29, 0.717) is 18.2 Å². The minimum Gasteiger partial charge on any atom is -0.490 e. The van der Waals surface area contributed by atoms with Gasteiger partial charge in [-0.1, -0.05) is 0 Å². The first kappa shape index (κ1) is 13.9. The molecule has 1 aromatic rings. The summed E-state index contributed by atoms with van der Waals surface area (Å²) in [5.74, 6) is 0.506. The molecule has 0 radical (unpaired) electrons. The molecule has 0 saturated heterocycles. The summed E-state index contributed by atoms with van der Waals surface area (Å²) >= 11 is 0. The van der Waals surface area contributed by atoms with E-state index in [-0.39, 0.29) is 12.1 Å². The molecule has 104 valence electrons. The molecule has 1 aromatic carbocycles. The van der Waals surface area contributed by atoms with Gasteiger partial charge in [0.25, 0.3) is 0 Å². The van der Waals surface area contributed by atoms with Crippen LogP contribution in [0.2, 0.25) is 0 Å². The predicted molar refractivity (Wildman–Crippen MR) is 73.3 cm³/mol. The second-order valence-corrected chi connectivity index (χ2v) is 4.90. The molecule has 0 bridgehead atoms. The Morgan fingerprint density at radius 2 is 1.84 bits per heavy atom. The highest BCUT2D eigenvalue weighted by molar-refractivity contribution is 5.89. The van der Waals surface area contributed by atoms with Gasteiger partial charge in [-0.05, 0) is 56.9 Å². The fraction of sp³-hybridized carbons (Fsp3) is 0.533. The number of nitrogens with two attached hydrogens (primary N) is 1. The van der Waals surface area contributed by atoms with Crippen LogP contribution in [0.15, 0.2) is 24.3 Å². The first-order chi connectivity index (χ1) is 9.19. The molecular formula is C15H21NO3. The Hall–Kier alpha value is -1.55. The van der Waals surface area contributed by atoms with Crippen molar-refractivity contribution in [3.63, 3.8) is 0 Å². The fourth-order valence-electron chi connectivity index (χ4n) is 2.28. The van der Waals surface area contributed by atoms with E-state index < -0.39 is 0 Å². The van der Waals surface area contributed by atoms with E-state index in [1.165, 1.54) is 0 Å². The van der Waals surface area contributed by atoms with Gasteiger partial charge in [0.15, 0.2) is 0 Å². The monoisotopic (exact) mass is 263 g/mol. The summed E-state index contributed by atoms with van der Waals surface area (Å²) in [5, 5.41) is 0. The number of benzene rings is 1. The number of carbonyl (C=O) groups is 1. The second-order valence-electron chi connectivity index (χ2n) is 4.90. The Morgan fingerprint density at radius 1 is 1.21 bits per heavy atom. The van der Waals surface area contributed by atoms with Crippen LogP contribution >= 0.6 is 0 Å². The van der Waals surface area contributed by atoms with E-state index in [9.17, 15) is 4.79 Å². The van der Waals surface area contributed by atoms with Crippen LogP contribution in [0.3, 0.4) is 0 Å². The van der Waals surface area contributed by atoms with Crippen LogP contribution in [0, 0.1) is 0 Å². The van der Waals surface area contributed by atoms with Crippen LogP contribution in [-0.2, 0) is 4.74 Å². The molecule has 4 nitrogen and oxygen atoms in total. The molecule has 0 amide bonds. The van der Waals surface area contributed by atoms with Crippen molar-refractivity contribution in [3.8, 4) is 5.75 Å². The maximum atomic E-state index is 11.5. The lowest BCUT2D eigenvalue weighted by atomic mass is 9.94. The second kappa shape index (κ2) is 6.57. The lowest BCUT2D eigenvalue weighted by Gasteiger charge is -2.26. The van der Waals surface area contributed by atoms with Crippen molar-refractivity contribution in [3.05, 3.63) is 29.8 Å². The number of hydrogen-bond acceptors (Lipinski definition) is 4. The molecule has 1 fully saturated rings. The maximum absolute atomic E-state index is 11.5. The van der Waals surface area contributed by atoms with E-state index in [2.05, 4.69) is 0 Å². The predicted octanol–water partition coefficient (Wildman–Crippen LogP) is 2.51. The molecule has 2 rings (SSSR count). The van der Waals surface area contributed by atoms with Crippen LogP contribution in [0.5, 0.6) is 5.75 Å². The van der Waals surface area contributed by atoms with Crippen LogP contribution in [0.1, 0.15) is 43.0 Å². The van der Waals surface area contributed by atoms with Gasteiger partial charge in [-0.15, -0.1) is 0 Å². The number of ether oxygens (including phenoxy) is 2.